The Bertz CT molecular complexity index is 1380. The monoisotopic (exact) mass is 580 g/mol. The summed E-state index contributed by atoms with van der Waals surface area (Å²) >= 11 is 0. The number of methoxy groups -OCH3 is 1. The third-order valence-corrected chi connectivity index (χ3v) is 9.05. The molecule has 0 aliphatic heterocycles. The van der Waals surface area contributed by atoms with E-state index in [9.17, 15) is 23.1 Å². The smallest absolute Gasteiger partial charge is 0.417 e. The lowest BCUT2D eigenvalue weighted by molar-refractivity contribution is -0.137. The Morgan fingerprint density at radius 1 is 0.952 bits per heavy atom. The number of amides is 1. The van der Waals surface area contributed by atoms with Crippen LogP contribution in [0.5, 0.6) is 5.75 Å². The minimum atomic E-state index is -4.49. The predicted octanol–water partition coefficient (Wildman–Crippen LogP) is 7.94. The highest BCUT2D eigenvalue weighted by Gasteiger charge is 2.33. The van der Waals surface area contributed by atoms with E-state index in [4.69, 9.17) is 4.74 Å². The first-order valence-corrected chi connectivity index (χ1v) is 14.9. The molecule has 8 heteroatoms. The average Bonchev–Trinajstić information content (AvgIpc) is 3.00. The molecule has 2 fully saturated rings. The summed E-state index contributed by atoms with van der Waals surface area (Å²) in [6, 6.07) is 14.7. The Morgan fingerprint density at radius 3 is 2.36 bits per heavy atom. The first kappa shape index (κ1) is 30.1. The number of anilines is 1. The van der Waals surface area contributed by atoms with E-state index >= 15 is 0 Å². The second-order valence-electron chi connectivity index (χ2n) is 11.9. The third kappa shape index (κ3) is 6.97. The zero-order valence-electron chi connectivity index (χ0n) is 24.2. The van der Waals surface area contributed by atoms with Crippen LogP contribution in [0.25, 0.3) is 11.1 Å². The van der Waals surface area contributed by atoms with Crippen LogP contribution in [0.2, 0.25) is 0 Å². The van der Waals surface area contributed by atoms with Crippen molar-refractivity contribution in [2.75, 3.05) is 18.6 Å². The molecule has 1 aromatic heterocycles. The number of aromatic nitrogens is 1. The van der Waals surface area contributed by atoms with Gasteiger partial charge >= 0.3 is 6.18 Å². The molecule has 224 valence electrons. The van der Waals surface area contributed by atoms with Crippen LogP contribution in [-0.4, -0.2) is 35.8 Å². The second kappa shape index (κ2) is 12.9. The quantitative estimate of drug-likeness (QED) is 0.308. The number of ether oxygens (including phenoxy) is 1. The van der Waals surface area contributed by atoms with Crippen molar-refractivity contribution >= 4 is 11.6 Å². The molecule has 0 bridgehead atoms. The maximum atomic E-state index is 14.0. The van der Waals surface area contributed by atoms with E-state index in [0.29, 0.717) is 60.9 Å². The zero-order valence-corrected chi connectivity index (χ0v) is 24.2. The van der Waals surface area contributed by atoms with Gasteiger partial charge in [0.25, 0.3) is 0 Å². The molecule has 0 radical (unpaired) electrons. The van der Waals surface area contributed by atoms with Gasteiger partial charge in [0, 0.05) is 36.1 Å². The van der Waals surface area contributed by atoms with Gasteiger partial charge in [-0.15, -0.1) is 0 Å². The van der Waals surface area contributed by atoms with Gasteiger partial charge in [0.2, 0.25) is 5.91 Å². The number of benzene rings is 2. The van der Waals surface area contributed by atoms with E-state index in [2.05, 4.69) is 24.0 Å². The first-order chi connectivity index (χ1) is 20.1. The summed E-state index contributed by atoms with van der Waals surface area (Å²) < 4.78 is 45.5. The van der Waals surface area contributed by atoms with E-state index < -0.39 is 11.7 Å². The largest absolute Gasteiger partial charge is 0.496 e. The Morgan fingerprint density at radius 2 is 1.69 bits per heavy atom. The van der Waals surface area contributed by atoms with Crippen LogP contribution >= 0.6 is 0 Å². The van der Waals surface area contributed by atoms with Gasteiger partial charge in [-0.2, -0.15) is 13.2 Å². The number of aliphatic hydroxyl groups is 1. The molecule has 3 aromatic rings. The fraction of sp³-hybridized carbons (Fsp3) is 0.471. The van der Waals surface area contributed by atoms with Crippen molar-refractivity contribution in [2.24, 2.45) is 11.8 Å². The third-order valence-electron chi connectivity index (χ3n) is 9.05. The lowest BCUT2D eigenvalue weighted by Crippen LogP contribution is -2.41. The molecule has 5 rings (SSSR count). The maximum absolute atomic E-state index is 14.0. The van der Waals surface area contributed by atoms with Crippen LogP contribution in [0.4, 0.5) is 18.9 Å². The minimum Gasteiger partial charge on any atom is -0.496 e. The standard InChI is InChI=1S/C34H39F3N2O3/c1-22-16-27(12-15-32(22)42-2)24-8-6-23(7-9-24)21-39(33(41)25-10-13-31(40)14-11-25)30-5-3-4-26(18-30)28-17-29(20-38-19-28)34(35,36)37/h3-5,12,15-20,23-25,31,40H,6-11,13-14,21H2,1-2H3/t23-,24-,25-,31-. The van der Waals surface area contributed by atoms with Crippen molar-refractivity contribution in [3.05, 3.63) is 77.6 Å². The topological polar surface area (TPSA) is 62.7 Å². The lowest BCUT2D eigenvalue weighted by atomic mass is 9.78. The molecule has 1 N–H and O–H groups in total. The van der Waals surface area contributed by atoms with Gasteiger partial charge in [0.1, 0.15) is 5.75 Å². The number of aryl methyl sites for hydroxylation is 1. The lowest BCUT2D eigenvalue weighted by Gasteiger charge is -2.36. The van der Waals surface area contributed by atoms with Crippen molar-refractivity contribution < 1.29 is 27.8 Å². The molecular formula is C34H39F3N2O3. The Labute approximate surface area is 245 Å². The minimum absolute atomic E-state index is 0.0362. The van der Waals surface area contributed by atoms with Gasteiger partial charge in [-0.25, -0.2) is 0 Å². The molecule has 2 aliphatic carbocycles. The molecule has 5 nitrogen and oxygen atoms in total. The summed E-state index contributed by atoms with van der Waals surface area (Å²) in [6.07, 6.45) is 3.91. The molecule has 42 heavy (non-hydrogen) atoms. The van der Waals surface area contributed by atoms with E-state index in [1.807, 2.05) is 17.0 Å². The molecule has 2 aromatic carbocycles. The summed E-state index contributed by atoms with van der Waals surface area (Å²) in [5.74, 6) is 1.53. The molecule has 2 aliphatic rings. The molecule has 0 saturated heterocycles. The number of pyridine rings is 1. The van der Waals surface area contributed by atoms with Crippen LogP contribution in [0.3, 0.4) is 0 Å². The Hall–Kier alpha value is -3.39. The Kier molecular flexibility index (Phi) is 9.21. The van der Waals surface area contributed by atoms with Gasteiger partial charge in [-0.05, 0) is 111 Å². The van der Waals surface area contributed by atoms with Crippen LogP contribution in [-0.2, 0) is 11.0 Å². The Balaban J connectivity index is 1.36. The van der Waals surface area contributed by atoms with Gasteiger partial charge in [0.05, 0.1) is 18.8 Å². The maximum Gasteiger partial charge on any atom is 0.417 e. The number of nitrogens with zero attached hydrogens (tertiary/aromatic N) is 2. The number of hydrogen-bond acceptors (Lipinski definition) is 4. The van der Waals surface area contributed by atoms with E-state index in [1.165, 1.54) is 11.8 Å². The van der Waals surface area contributed by atoms with Gasteiger partial charge in [-0.1, -0.05) is 24.3 Å². The van der Waals surface area contributed by atoms with Gasteiger partial charge in [0.15, 0.2) is 0 Å². The highest BCUT2D eigenvalue weighted by atomic mass is 19.4. The summed E-state index contributed by atoms with van der Waals surface area (Å²) in [5, 5.41) is 10.0. The fourth-order valence-electron chi connectivity index (χ4n) is 6.56. The molecule has 1 heterocycles. The van der Waals surface area contributed by atoms with E-state index in [0.717, 1.165) is 49.3 Å². The first-order valence-electron chi connectivity index (χ1n) is 14.9. The zero-order chi connectivity index (χ0) is 29.9. The number of alkyl halides is 3. The van der Waals surface area contributed by atoms with Gasteiger partial charge < -0.3 is 14.7 Å². The highest BCUT2D eigenvalue weighted by Crippen LogP contribution is 2.39. The molecule has 1 amide bonds. The summed E-state index contributed by atoms with van der Waals surface area (Å²) in [5.41, 5.74) is 3.28. The summed E-state index contributed by atoms with van der Waals surface area (Å²) in [4.78, 5) is 19.7. The number of aliphatic hydroxyl groups excluding tert-OH is 1. The highest BCUT2D eigenvalue weighted by molar-refractivity contribution is 5.95. The van der Waals surface area contributed by atoms with Crippen molar-refractivity contribution in [2.45, 2.75) is 76.5 Å². The molecule has 0 spiro atoms. The molecule has 0 atom stereocenters. The molecular weight excluding hydrogens is 541 g/mol. The number of hydrogen-bond donors (Lipinski definition) is 1. The molecule has 2 saturated carbocycles. The van der Waals surface area contributed by atoms with Crippen molar-refractivity contribution in [3.8, 4) is 16.9 Å². The van der Waals surface area contributed by atoms with Crippen molar-refractivity contribution in [3.63, 3.8) is 0 Å². The summed E-state index contributed by atoms with van der Waals surface area (Å²) in [7, 11) is 1.68. The van der Waals surface area contributed by atoms with Crippen molar-refractivity contribution in [1.82, 2.24) is 4.98 Å². The average molecular weight is 581 g/mol. The van der Waals surface area contributed by atoms with Crippen LogP contribution in [0, 0.1) is 18.8 Å². The SMILES string of the molecule is COc1ccc([C@H]2CC[C@H](CN(c3cccc(-c4cncc(C(F)(F)F)c4)c3)C(=O)[C@H]3CC[C@H](O)CC3)CC2)cc1C. The summed E-state index contributed by atoms with van der Waals surface area (Å²) in [6.45, 7) is 2.63. The van der Waals surface area contributed by atoms with Crippen molar-refractivity contribution in [1.29, 1.82) is 0 Å². The normalized spacial score (nSPS) is 22.9. The van der Waals surface area contributed by atoms with E-state index in [-0.39, 0.29) is 17.9 Å². The number of rotatable bonds is 7. The van der Waals surface area contributed by atoms with Gasteiger partial charge in [-0.3, -0.25) is 9.78 Å². The molecule has 0 unspecified atom stereocenters. The van der Waals surface area contributed by atoms with Crippen LogP contribution in [0.15, 0.2) is 60.9 Å². The fourth-order valence-corrected chi connectivity index (χ4v) is 6.56. The second-order valence-corrected chi connectivity index (χ2v) is 11.9. The number of carbonyl (C=O) groups is 1. The van der Waals surface area contributed by atoms with Crippen LogP contribution < -0.4 is 9.64 Å². The van der Waals surface area contributed by atoms with E-state index in [1.54, 1.807) is 25.3 Å². The number of halogens is 3. The number of carbonyl (C=O) groups excluding carboxylic acids is 1. The predicted molar refractivity (Wildman–Crippen MR) is 157 cm³/mol. The van der Waals surface area contributed by atoms with Crippen LogP contribution in [0.1, 0.15) is 74.0 Å².